The van der Waals surface area contributed by atoms with Crippen molar-refractivity contribution in [2.45, 2.75) is 12.8 Å². The maximum Gasteiger partial charge on any atom is 0.213 e. The number of fused-ring (bicyclic) bond motifs is 3. The first-order chi connectivity index (χ1) is 12.3. The summed E-state index contributed by atoms with van der Waals surface area (Å²) in [6.07, 6.45) is 6.17. The number of benzene rings is 2. The normalized spacial score (nSPS) is 11.0. The first-order valence-electron chi connectivity index (χ1n) is 8.49. The van der Waals surface area contributed by atoms with Gasteiger partial charge in [0.25, 0.3) is 0 Å². The molecule has 0 atom stereocenters. The summed E-state index contributed by atoms with van der Waals surface area (Å²) in [6, 6.07) is 16.0. The van der Waals surface area contributed by atoms with Crippen LogP contribution in [0.15, 0.2) is 60.9 Å². The van der Waals surface area contributed by atoms with Crippen LogP contribution >= 0.6 is 0 Å². The van der Waals surface area contributed by atoms with E-state index in [1.54, 1.807) is 19.2 Å². The molecule has 0 aliphatic heterocycles. The minimum atomic E-state index is 0. The largest absolute Gasteiger partial charge is 1.00 e. The van der Waals surface area contributed by atoms with E-state index in [1.165, 1.54) is 11.3 Å². The van der Waals surface area contributed by atoms with Crippen molar-refractivity contribution < 1.29 is 31.4 Å². The monoisotopic (exact) mass is 412 g/mol. The lowest BCUT2D eigenvalue weighted by Crippen LogP contribution is -3.00. The highest BCUT2D eigenvalue weighted by Gasteiger charge is 2.14. The van der Waals surface area contributed by atoms with E-state index in [0.717, 1.165) is 41.3 Å². The molecular formula is C21H21BrN2O2. The second-order valence-electron chi connectivity index (χ2n) is 6.26. The molecule has 2 heterocycles. The van der Waals surface area contributed by atoms with Gasteiger partial charge in [0.05, 0.1) is 0 Å². The predicted octanol–water partition coefficient (Wildman–Crippen LogP) is 0.886. The van der Waals surface area contributed by atoms with Gasteiger partial charge in [0, 0.05) is 47.7 Å². The minimum absolute atomic E-state index is 0. The number of rotatable bonds is 5. The summed E-state index contributed by atoms with van der Waals surface area (Å²) in [6.45, 7) is 0.767. The van der Waals surface area contributed by atoms with Crippen molar-refractivity contribution >= 4 is 21.8 Å². The van der Waals surface area contributed by atoms with Crippen molar-refractivity contribution in [3.05, 3.63) is 66.5 Å². The maximum atomic E-state index is 9.75. The van der Waals surface area contributed by atoms with E-state index >= 15 is 0 Å². The number of aromatic amines is 1. The molecule has 0 saturated carbocycles. The zero-order valence-corrected chi connectivity index (χ0v) is 16.2. The molecule has 0 fully saturated rings. The molecule has 2 N–H and O–H groups in total. The minimum Gasteiger partial charge on any atom is -1.00 e. The van der Waals surface area contributed by atoms with Crippen LogP contribution in [0.3, 0.4) is 0 Å². The van der Waals surface area contributed by atoms with Crippen LogP contribution < -0.4 is 21.5 Å². The Kier molecular flexibility index (Phi) is 5.59. The number of halogens is 1. The van der Waals surface area contributed by atoms with E-state index in [4.69, 9.17) is 4.74 Å². The van der Waals surface area contributed by atoms with Crippen molar-refractivity contribution in [2.75, 3.05) is 13.7 Å². The van der Waals surface area contributed by atoms with Crippen molar-refractivity contribution in [1.82, 2.24) is 4.98 Å². The van der Waals surface area contributed by atoms with Crippen molar-refractivity contribution in [1.29, 1.82) is 0 Å². The number of pyridine rings is 1. The van der Waals surface area contributed by atoms with Crippen LogP contribution in [0.4, 0.5) is 0 Å². The molecule has 134 valence electrons. The topological polar surface area (TPSA) is 49.1 Å². The molecular weight excluding hydrogens is 392 g/mol. The Morgan fingerprint density at radius 1 is 1.04 bits per heavy atom. The number of phenols is 1. The van der Waals surface area contributed by atoms with Crippen LogP contribution in [0.1, 0.15) is 12.0 Å². The quantitative estimate of drug-likeness (QED) is 0.377. The summed E-state index contributed by atoms with van der Waals surface area (Å²) in [5.41, 5.74) is 4.56. The van der Waals surface area contributed by atoms with Gasteiger partial charge in [-0.25, -0.2) is 0 Å². The molecule has 2 aromatic carbocycles. The van der Waals surface area contributed by atoms with Crippen LogP contribution in [0.25, 0.3) is 27.5 Å². The summed E-state index contributed by atoms with van der Waals surface area (Å²) in [5.74, 6) is 0.286. The third kappa shape index (κ3) is 3.45. The molecule has 5 heteroatoms. The lowest BCUT2D eigenvalue weighted by Gasteiger charge is -2.04. The van der Waals surface area contributed by atoms with Gasteiger partial charge in [-0.15, -0.1) is 0 Å². The number of para-hydroxylation sites is 1. The number of H-pyrrole nitrogens is 1. The fourth-order valence-corrected chi connectivity index (χ4v) is 3.37. The van der Waals surface area contributed by atoms with Crippen LogP contribution in [-0.2, 0) is 11.2 Å². The second kappa shape index (κ2) is 7.89. The predicted molar refractivity (Wildman–Crippen MR) is 99.2 cm³/mol. The molecule has 0 bridgehead atoms. The van der Waals surface area contributed by atoms with Gasteiger partial charge >= 0.3 is 0 Å². The Morgan fingerprint density at radius 2 is 1.88 bits per heavy atom. The molecule has 0 radical (unpaired) electrons. The number of hydrogen-bond acceptors (Lipinski definition) is 2. The highest BCUT2D eigenvalue weighted by Crippen LogP contribution is 2.27. The highest BCUT2D eigenvalue weighted by atomic mass is 79.9. The van der Waals surface area contributed by atoms with E-state index in [0.29, 0.717) is 0 Å². The molecule has 0 aliphatic carbocycles. The van der Waals surface area contributed by atoms with Gasteiger partial charge in [0.15, 0.2) is 12.4 Å². The van der Waals surface area contributed by atoms with E-state index in [-0.39, 0.29) is 22.7 Å². The summed E-state index contributed by atoms with van der Waals surface area (Å²) in [7, 11) is 1.74. The van der Waals surface area contributed by atoms with Crippen LogP contribution in [-0.4, -0.2) is 23.8 Å². The number of aromatic nitrogens is 2. The van der Waals surface area contributed by atoms with E-state index in [2.05, 4.69) is 52.3 Å². The van der Waals surface area contributed by atoms with Crippen molar-refractivity contribution in [2.24, 2.45) is 0 Å². The van der Waals surface area contributed by atoms with Gasteiger partial charge in [0.2, 0.25) is 5.69 Å². The lowest BCUT2D eigenvalue weighted by atomic mass is 10.1. The first-order valence-corrected chi connectivity index (χ1v) is 8.49. The average molecular weight is 413 g/mol. The number of hydrogen-bond donors (Lipinski definition) is 2. The Morgan fingerprint density at radius 3 is 2.73 bits per heavy atom. The Bertz CT molecular complexity index is 1040. The maximum absolute atomic E-state index is 9.75. The number of aryl methyl sites for hydroxylation is 1. The Balaban J connectivity index is 0.00000196. The smallest absolute Gasteiger partial charge is 0.213 e. The molecule has 0 aliphatic rings. The Labute approximate surface area is 162 Å². The van der Waals surface area contributed by atoms with E-state index in [9.17, 15) is 5.11 Å². The third-order valence-electron chi connectivity index (χ3n) is 4.59. The molecule has 2 aromatic heterocycles. The lowest BCUT2D eigenvalue weighted by molar-refractivity contribution is -0.594. The third-order valence-corrected chi connectivity index (χ3v) is 4.59. The molecule has 0 saturated heterocycles. The van der Waals surface area contributed by atoms with Crippen LogP contribution in [0.2, 0.25) is 0 Å². The molecule has 0 amide bonds. The van der Waals surface area contributed by atoms with E-state index < -0.39 is 0 Å². The molecule has 4 aromatic rings. The molecule has 4 nitrogen and oxygen atoms in total. The van der Waals surface area contributed by atoms with Gasteiger partial charge in [-0.1, -0.05) is 18.2 Å². The first kappa shape index (κ1) is 18.4. The number of nitrogens with zero attached hydrogens (tertiary/aromatic N) is 1. The van der Waals surface area contributed by atoms with Crippen LogP contribution in [0.5, 0.6) is 5.75 Å². The molecule has 0 unspecified atom stereocenters. The van der Waals surface area contributed by atoms with Gasteiger partial charge in [-0.05, 0) is 31.0 Å². The zero-order valence-electron chi connectivity index (χ0n) is 14.6. The summed E-state index contributed by atoms with van der Waals surface area (Å²) >= 11 is 0. The van der Waals surface area contributed by atoms with E-state index in [1.807, 2.05) is 6.07 Å². The summed E-state index contributed by atoms with van der Waals surface area (Å²) < 4.78 is 7.33. The standard InChI is InChI=1S/C21H20N2O2.BrH/c1-25-12-4-6-15-5-2-3-7-21(15)23-11-10-17-18-13-16(24)8-9-19(18)22-20(17)14-23;/h2-3,5,7-11,13-14,24H,4,6,12H2,1H3;1H. The Hall–Kier alpha value is -2.37. The number of phenolic OH excluding ortho intramolecular Hbond substituents is 1. The summed E-state index contributed by atoms with van der Waals surface area (Å²) in [4.78, 5) is 3.44. The number of ether oxygens (including phenoxy) is 1. The number of aromatic hydroxyl groups is 1. The SMILES string of the molecule is COCCCc1ccccc1-[n+]1ccc2c(c1)[nH]c1ccc(O)cc12.[Br-]. The molecule has 26 heavy (non-hydrogen) atoms. The van der Waals surface area contributed by atoms with Gasteiger partial charge in [-0.3, -0.25) is 0 Å². The average Bonchev–Trinajstić information content (AvgIpc) is 2.99. The van der Waals surface area contributed by atoms with Crippen molar-refractivity contribution in [3.8, 4) is 11.4 Å². The second-order valence-corrected chi connectivity index (χ2v) is 6.26. The highest BCUT2D eigenvalue weighted by molar-refractivity contribution is 6.07. The van der Waals surface area contributed by atoms with Gasteiger partial charge < -0.3 is 31.8 Å². The van der Waals surface area contributed by atoms with Gasteiger partial charge in [-0.2, -0.15) is 4.57 Å². The van der Waals surface area contributed by atoms with Crippen LogP contribution in [0, 0.1) is 0 Å². The zero-order chi connectivity index (χ0) is 17.2. The number of nitrogens with one attached hydrogen (secondary N) is 1. The fourth-order valence-electron chi connectivity index (χ4n) is 3.37. The fraction of sp³-hybridized carbons (Fsp3) is 0.190. The van der Waals surface area contributed by atoms with Crippen molar-refractivity contribution in [3.63, 3.8) is 0 Å². The molecule has 0 spiro atoms. The number of methoxy groups -OCH3 is 1. The molecule has 4 rings (SSSR count). The summed E-state index contributed by atoms with van der Waals surface area (Å²) in [5, 5.41) is 11.9. The van der Waals surface area contributed by atoms with Gasteiger partial charge in [0.1, 0.15) is 11.3 Å².